The summed E-state index contributed by atoms with van der Waals surface area (Å²) < 4.78 is 0. The van der Waals surface area contributed by atoms with E-state index in [1.54, 1.807) is 12.1 Å². The Balaban J connectivity index is 1.84. The Kier molecular flexibility index (Phi) is 4.21. The van der Waals surface area contributed by atoms with Crippen molar-refractivity contribution < 1.29 is 9.90 Å². The number of nitrogens with zero attached hydrogens (tertiary/aromatic N) is 1. The first-order valence-electron chi connectivity index (χ1n) is 8.88. The van der Waals surface area contributed by atoms with Gasteiger partial charge in [0.15, 0.2) is 0 Å². The van der Waals surface area contributed by atoms with Crippen molar-refractivity contribution in [1.29, 1.82) is 0 Å². The molecule has 4 rings (SSSR count). The summed E-state index contributed by atoms with van der Waals surface area (Å²) in [5.41, 5.74) is 5.11. The summed E-state index contributed by atoms with van der Waals surface area (Å²) >= 11 is 0. The summed E-state index contributed by atoms with van der Waals surface area (Å²) in [4.78, 5) is 15.1. The SMILES string of the molecule is Cc1cccc(C2c3cc(O)ccc3CCN2C(=O)c2ccccc2)c1. The standard InChI is InChI=1S/C23H21NO2/c1-16-6-5-9-19(14-16)22-21-15-20(25)11-10-17(21)12-13-24(22)23(26)18-7-3-2-4-8-18/h2-11,14-15,22,25H,12-13H2,1H3. The Hall–Kier alpha value is -3.07. The Morgan fingerprint density at radius 2 is 1.81 bits per heavy atom. The monoisotopic (exact) mass is 343 g/mol. The molecular weight excluding hydrogens is 322 g/mol. The molecule has 1 aliphatic rings. The first-order valence-corrected chi connectivity index (χ1v) is 8.88. The van der Waals surface area contributed by atoms with Crippen LogP contribution >= 0.6 is 0 Å². The van der Waals surface area contributed by atoms with Gasteiger partial charge in [-0.15, -0.1) is 0 Å². The van der Waals surface area contributed by atoms with Crippen molar-refractivity contribution >= 4 is 5.91 Å². The summed E-state index contributed by atoms with van der Waals surface area (Å²) in [5.74, 6) is 0.251. The van der Waals surface area contributed by atoms with Crippen molar-refractivity contribution in [2.75, 3.05) is 6.54 Å². The lowest BCUT2D eigenvalue weighted by molar-refractivity contribution is 0.0694. The molecule has 3 nitrogen and oxygen atoms in total. The van der Waals surface area contributed by atoms with Crippen LogP contribution in [0.3, 0.4) is 0 Å². The van der Waals surface area contributed by atoms with Crippen LogP contribution in [0.4, 0.5) is 0 Å². The Labute approximate surface area is 153 Å². The Morgan fingerprint density at radius 1 is 1.00 bits per heavy atom. The van der Waals surface area contributed by atoms with E-state index in [4.69, 9.17) is 0 Å². The van der Waals surface area contributed by atoms with Crippen molar-refractivity contribution in [1.82, 2.24) is 4.90 Å². The van der Waals surface area contributed by atoms with Crippen LogP contribution < -0.4 is 0 Å². The maximum atomic E-state index is 13.2. The average Bonchev–Trinajstić information content (AvgIpc) is 2.67. The highest BCUT2D eigenvalue weighted by Crippen LogP contribution is 2.37. The van der Waals surface area contributed by atoms with Crippen LogP contribution in [0, 0.1) is 6.92 Å². The molecule has 1 unspecified atom stereocenters. The highest BCUT2D eigenvalue weighted by atomic mass is 16.3. The number of carbonyl (C=O) groups excluding carboxylic acids is 1. The van der Waals surface area contributed by atoms with E-state index >= 15 is 0 Å². The smallest absolute Gasteiger partial charge is 0.254 e. The van der Waals surface area contributed by atoms with Crippen molar-refractivity contribution in [3.63, 3.8) is 0 Å². The van der Waals surface area contributed by atoms with Crippen LogP contribution in [0.15, 0.2) is 72.8 Å². The molecule has 0 saturated carbocycles. The van der Waals surface area contributed by atoms with Gasteiger partial charge in [0.2, 0.25) is 0 Å². The fourth-order valence-corrected chi connectivity index (χ4v) is 3.77. The molecule has 0 spiro atoms. The van der Waals surface area contributed by atoms with E-state index in [1.165, 1.54) is 5.56 Å². The van der Waals surface area contributed by atoms with Gasteiger partial charge >= 0.3 is 0 Å². The molecule has 3 heteroatoms. The predicted molar refractivity (Wildman–Crippen MR) is 102 cm³/mol. The maximum absolute atomic E-state index is 13.2. The molecule has 0 aromatic heterocycles. The molecule has 0 saturated heterocycles. The van der Waals surface area contributed by atoms with Gasteiger partial charge in [-0.3, -0.25) is 4.79 Å². The Morgan fingerprint density at radius 3 is 2.58 bits per heavy atom. The van der Waals surface area contributed by atoms with Gasteiger partial charge < -0.3 is 10.0 Å². The number of carbonyl (C=O) groups is 1. The number of hydrogen-bond acceptors (Lipinski definition) is 2. The van der Waals surface area contributed by atoms with Crippen molar-refractivity contribution in [3.05, 3.63) is 101 Å². The number of rotatable bonds is 2. The van der Waals surface area contributed by atoms with E-state index in [0.29, 0.717) is 12.1 Å². The van der Waals surface area contributed by atoms with E-state index in [2.05, 4.69) is 25.1 Å². The van der Waals surface area contributed by atoms with Gasteiger partial charge in [0.05, 0.1) is 6.04 Å². The number of benzene rings is 3. The quantitative estimate of drug-likeness (QED) is 0.745. The van der Waals surface area contributed by atoms with Crippen LogP contribution in [0.1, 0.15) is 38.7 Å². The van der Waals surface area contributed by atoms with Gasteiger partial charge in [-0.25, -0.2) is 0 Å². The molecule has 0 bridgehead atoms. The molecule has 0 radical (unpaired) electrons. The van der Waals surface area contributed by atoms with Gasteiger partial charge in [0, 0.05) is 12.1 Å². The van der Waals surface area contributed by atoms with Crippen molar-refractivity contribution in [3.8, 4) is 5.75 Å². The molecule has 0 fully saturated rings. The molecule has 1 atom stereocenters. The van der Waals surface area contributed by atoms with Crippen LogP contribution in [0.2, 0.25) is 0 Å². The zero-order valence-electron chi connectivity index (χ0n) is 14.7. The molecule has 1 amide bonds. The molecule has 26 heavy (non-hydrogen) atoms. The van der Waals surface area contributed by atoms with Crippen LogP contribution in [0.5, 0.6) is 5.75 Å². The largest absolute Gasteiger partial charge is 0.508 e. The second kappa shape index (κ2) is 6.68. The maximum Gasteiger partial charge on any atom is 0.254 e. The normalized spacial score (nSPS) is 16.2. The van der Waals surface area contributed by atoms with Gasteiger partial charge in [0.25, 0.3) is 5.91 Å². The highest BCUT2D eigenvalue weighted by molar-refractivity contribution is 5.95. The average molecular weight is 343 g/mol. The first-order chi connectivity index (χ1) is 12.6. The van der Waals surface area contributed by atoms with Crippen molar-refractivity contribution in [2.24, 2.45) is 0 Å². The summed E-state index contributed by atoms with van der Waals surface area (Å²) in [7, 11) is 0. The minimum atomic E-state index is -0.196. The summed E-state index contributed by atoms with van der Waals surface area (Å²) in [6, 6.07) is 22.9. The van der Waals surface area contributed by atoms with Gasteiger partial charge in [-0.1, -0.05) is 54.1 Å². The van der Waals surface area contributed by atoms with E-state index in [-0.39, 0.29) is 17.7 Å². The molecule has 0 aliphatic carbocycles. The van der Waals surface area contributed by atoms with Gasteiger partial charge in [0.1, 0.15) is 5.75 Å². The summed E-state index contributed by atoms with van der Waals surface area (Å²) in [6.07, 6.45) is 0.788. The summed E-state index contributed by atoms with van der Waals surface area (Å²) in [5, 5.41) is 10.0. The van der Waals surface area contributed by atoms with Crippen LogP contribution in [0.25, 0.3) is 0 Å². The minimum Gasteiger partial charge on any atom is -0.508 e. The number of aromatic hydroxyl groups is 1. The highest BCUT2D eigenvalue weighted by Gasteiger charge is 2.32. The van der Waals surface area contributed by atoms with Crippen LogP contribution in [-0.4, -0.2) is 22.5 Å². The number of phenols is 1. The molecule has 1 aliphatic heterocycles. The third kappa shape index (κ3) is 2.97. The number of fused-ring (bicyclic) bond motifs is 1. The predicted octanol–water partition coefficient (Wildman–Crippen LogP) is 4.49. The first kappa shape index (κ1) is 16.4. The summed E-state index contributed by atoms with van der Waals surface area (Å²) in [6.45, 7) is 2.71. The fourth-order valence-electron chi connectivity index (χ4n) is 3.77. The fraction of sp³-hybridized carbons (Fsp3) is 0.174. The second-order valence-electron chi connectivity index (χ2n) is 6.81. The third-order valence-corrected chi connectivity index (χ3v) is 5.00. The van der Waals surface area contributed by atoms with Gasteiger partial charge in [-0.2, -0.15) is 0 Å². The lowest BCUT2D eigenvalue weighted by atomic mass is 9.87. The molecule has 1 N–H and O–H groups in total. The van der Waals surface area contributed by atoms with E-state index in [1.807, 2.05) is 47.4 Å². The van der Waals surface area contributed by atoms with E-state index in [0.717, 1.165) is 23.1 Å². The zero-order chi connectivity index (χ0) is 18.1. The zero-order valence-corrected chi connectivity index (χ0v) is 14.7. The number of amides is 1. The number of aryl methyl sites for hydroxylation is 1. The second-order valence-corrected chi connectivity index (χ2v) is 6.81. The molecule has 130 valence electrons. The lowest BCUT2D eigenvalue weighted by Gasteiger charge is -2.38. The van der Waals surface area contributed by atoms with E-state index < -0.39 is 0 Å². The lowest BCUT2D eigenvalue weighted by Crippen LogP contribution is -2.40. The molecule has 3 aromatic rings. The molecule has 3 aromatic carbocycles. The number of phenolic OH excluding ortho intramolecular Hbond substituents is 1. The molecule has 1 heterocycles. The third-order valence-electron chi connectivity index (χ3n) is 5.00. The minimum absolute atomic E-state index is 0.0195. The van der Waals surface area contributed by atoms with Crippen LogP contribution in [-0.2, 0) is 6.42 Å². The molecular formula is C23H21NO2. The topological polar surface area (TPSA) is 40.5 Å². The van der Waals surface area contributed by atoms with Crippen molar-refractivity contribution in [2.45, 2.75) is 19.4 Å². The number of hydrogen-bond donors (Lipinski definition) is 1. The Bertz CT molecular complexity index is 949. The van der Waals surface area contributed by atoms with Gasteiger partial charge in [-0.05, 0) is 54.3 Å². The van der Waals surface area contributed by atoms with E-state index in [9.17, 15) is 9.90 Å².